The van der Waals surface area contributed by atoms with Crippen LogP contribution in [0.5, 0.6) is 0 Å². The van der Waals surface area contributed by atoms with E-state index in [1.54, 1.807) is 12.1 Å². The van der Waals surface area contributed by atoms with Crippen LogP contribution in [0.15, 0.2) is 33.8 Å². The number of hydrogen-bond acceptors (Lipinski definition) is 1. The van der Waals surface area contributed by atoms with Crippen LogP contribution in [0.2, 0.25) is 0 Å². The highest BCUT2D eigenvalue weighted by Crippen LogP contribution is 2.22. The van der Waals surface area contributed by atoms with Gasteiger partial charge < -0.3 is 0 Å². The van der Waals surface area contributed by atoms with Crippen molar-refractivity contribution >= 4 is 40.6 Å². The van der Waals surface area contributed by atoms with Gasteiger partial charge in [-0.25, -0.2) is 0 Å². The molecule has 1 nitrogen and oxygen atoms in total. The summed E-state index contributed by atoms with van der Waals surface area (Å²) in [6, 6.07) is 7.42. The molecule has 0 aromatic heterocycles. The highest BCUT2D eigenvalue weighted by molar-refractivity contribution is 6.59. The van der Waals surface area contributed by atoms with Gasteiger partial charge in [-0.05, 0) is 12.0 Å². The molecule has 0 saturated carbocycles. The first-order chi connectivity index (χ1) is 7.54. The highest BCUT2D eigenvalue weighted by atomic mass is 35.5. The average Bonchev–Trinajstić information content (AvgIpc) is 2.28. The van der Waals surface area contributed by atoms with E-state index in [4.69, 9.17) is 34.8 Å². The van der Waals surface area contributed by atoms with Crippen molar-refractivity contribution in [3.8, 4) is 0 Å². The van der Waals surface area contributed by atoms with Gasteiger partial charge in [0, 0.05) is 12.0 Å². The van der Waals surface area contributed by atoms with Crippen LogP contribution in [0.4, 0.5) is 0 Å². The molecule has 0 unspecified atom stereocenters. The van der Waals surface area contributed by atoms with Crippen LogP contribution in [-0.2, 0) is 6.42 Å². The van der Waals surface area contributed by atoms with Gasteiger partial charge in [-0.15, -0.1) is 0 Å². The summed E-state index contributed by atoms with van der Waals surface area (Å²) in [5.74, 6) is -0.0912. The first-order valence-electron chi connectivity index (χ1n) is 4.86. The van der Waals surface area contributed by atoms with Crippen molar-refractivity contribution in [1.82, 2.24) is 0 Å². The summed E-state index contributed by atoms with van der Waals surface area (Å²) in [5.41, 5.74) is 1.80. The Bertz CT molecular complexity index is 403. The van der Waals surface area contributed by atoms with Crippen molar-refractivity contribution in [2.24, 2.45) is 0 Å². The molecule has 0 aliphatic carbocycles. The molecule has 0 atom stereocenters. The lowest BCUT2D eigenvalue weighted by atomic mass is 10.1. The standard InChI is InChI=1S/C12H11Cl3O/c1-2-8-3-5-9(6-4-8)11(16)7-10(13)12(14)15/h3-6H,2,7H2,1H3. The summed E-state index contributed by atoms with van der Waals surface area (Å²) < 4.78 is -0.0554. The van der Waals surface area contributed by atoms with Gasteiger partial charge in [0.2, 0.25) is 0 Å². The Morgan fingerprint density at radius 3 is 2.12 bits per heavy atom. The molecule has 0 aliphatic rings. The zero-order valence-corrected chi connectivity index (χ0v) is 11.0. The molecular formula is C12H11Cl3O. The van der Waals surface area contributed by atoms with Crippen LogP contribution in [0.25, 0.3) is 0 Å². The predicted molar refractivity (Wildman–Crippen MR) is 69.4 cm³/mol. The second-order valence-corrected chi connectivity index (χ2v) is 4.72. The molecule has 0 heterocycles. The average molecular weight is 278 g/mol. The van der Waals surface area contributed by atoms with Crippen LogP contribution >= 0.6 is 34.8 Å². The second kappa shape index (κ2) is 6.29. The van der Waals surface area contributed by atoms with Gasteiger partial charge in [0.1, 0.15) is 4.49 Å². The van der Waals surface area contributed by atoms with Crippen molar-refractivity contribution in [2.45, 2.75) is 19.8 Å². The number of ketones is 1. The SMILES string of the molecule is CCc1ccc(C(=O)CC(Cl)=C(Cl)Cl)cc1. The molecule has 0 aliphatic heterocycles. The molecule has 0 amide bonds. The minimum absolute atomic E-state index is 0.0371. The quantitative estimate of drug-likeness (QED) is 0.729. The number of benzene rings is 1. The summed E-state index contributed by atoms with van der Waals surface area (Å²) in [4.78, 5) is 11.7. The third kappa shape index (κ3) is 3.82. The number of allylic oxidation sites excluding steroid dienone is 1. The molecule has 1 rings (SSSR count). The molecule has 1 aromatic carbocycles. The molecule has 86 valence electrons. The number of carbonyl (C=O) groups excluding carboxylic acids is 1. The zero-order valence-electron chi connectivity index (χ0n) is 8.77. The molecule has 0 fully saturated rings. The number of halogens is 3. The van der Waals surface area contributed by atoms with Gasteiger partial charge in [-0.2, -0.15) is 0 Å². The maximum Gasteiger partial charge on any atom is 0.168 e. The first-order valence-corrected chi connectivity index (χ1v) is 5.99. The number of Topliss-reactive ketones (excluding diaryl/α,β-unsaturated/α-hetero) is 1. The zero-order chi connectivity index (χ0) is 12.1. The fourth-order valence-electron chi connectivity index (χ4n) is 1.24. The monoisotopic (exact) mass is 276 g/mol. The number of carbonyl (C=O) groups is 1. The van der Waals surface area contributed by atoms with Crippen molar-refractivity contribution in [3.05, 3.63) is 44.9 Å². The maximum absolute atomic E-state index is 11.7. The van der Waals surface area contributed by atoms with Crippen LogP contribution < -0.4 is 0 Å². The van der Waals surface area contributed by atoms with E-state index >= 15 is 0 Å². The number of aryl methyl sites for hydroxylation is 1. The van der Waals surface area contributed by atoms with Crippen molar-refractivity contribution in [2.75, 3.05) is 0 Å². The van der Waals surface area contributed by atoms with Crippen LogP contribution in [-0.4, -0.2) is 5.78 Å². The smallest absolute Gasteiger partial charge is 0.168 e. The molecule has 4 heteroatoms. The summed E-state index contributed by atoms with van der Waals surface area (Å²) in [6.45, 7) is 2.06. The third-order valence-electron chi connectivity index (χ3n) is 2.20. The largest absolute Gasteiger partial charge is 0.294 e. The second-order valence-electron chi connectivity index (χ2n) is 3.32. The molecule has 0 bridgehead atoms. The maximum atomic E-state index is 11.7. The van der Waals surface area contributed by atoms with E-state index in [1.807, 2.05) is 12.1 Å². The fourth-order valence-corrected chi connectivity index (χ4v) is 1.49. The summed E-state index contributed by atoms with van der Waals surface area (Å²) in [7, 11) is 0. The lowest BCUT2D eigenvalue weighted by molar-refractivity contribution is 0.0994. The lowest BCUT2D eigenvalue weighted by Gasteiger charge is -2.02. The molecule has 0 N–H and O–H groups in total. The van der Waals surface area contributed by atoms with E-state index in [0.29, 0.717) is 5.56 Å². The van der Waals surface area contributed by atoms with Gasteiger partial charge in [-0.1, -0.05) is 66.0 Å². The van der Waals surface area contributed by atoms with Gasteiger partial charge in [-0.3, -0.25) is 4.79 Å². The topological polar surface area (TPSA) is 17.1 Å². The predicted octanol–water partition coefficient (Wildman–Crippen LogP) is 4.71. The van der Waals surface area contributed by atoms with Crippen LogP contribution in [0.3, 0.4) is 0 Å². The molecule has 0 spiro atoms. The Morgan fingerprint density at radius 1 is 1.12 bits per heavy atom. The highest BCUT2D eigenvalue weighted by Gasteiger charge is 2.09. The summed E-state index contributed by atoms with van der Waals surface area (Å²) in [5, 5.41) is 0.174. The Balaban J connectivity index is 2.78. The molecule has 16 heavy (non-hydrogen) atoms. The van der Waals surface area contributed by atoms with E-state index in [9.17, 15) is 4.79 Å². The molecule has 1 aromatic rings. The lowest BCUT2D eigenvalue weighted by Crippen LogP contribution is -1.99. The van der Waals surface area contributed by atoms with E-state index in [0.717, 1.165) is 6.42 Å². The Labute approximate surface area is 110 Å². The van der Waals surface area contributed by atoms with Gasteiger partial charge in [0.15, 0.2) is 5.78 Å². The molecular weight excluding hydrogens is 266 g/mol. The fraction of sp³-hybridized carbons (Fsp3) is 0.250. The number of hydrogen-bond donors (Lipinski definition) is 0. The Morgan fingerprint density at radius 2 is 1.69 bits per heavy atom. The van der Waals surface area contributed by atoms with Gasteiger partial charge in [0.25, 0.3) is 0 Å². The summed E-state index contributed by atoms with van der Waals surface area (Å²) in [6.07, 6.45) is 0.984. The first kappa shape index (κ1) is 13.6. The normalized spacial score (nSPS) is 10.0. The van der Waals surface area contributed by atoms with Crippen molar-refractivity contribution in [1.29, 1.82) is 0 Å². The Hall–Kier alpha value is -0.500. The summed E-state index contributed by atoms with van der Waals surface area (Å²) >= 11 is 16.7. The van der Waals surface area contributed by atoms with Crippen LogP contribution in [0.1, 0.15) is 29.3 Å². The van der Waals surface area contributed by atoms with E-state index in [1.165, 1.54) is 5.56 Å². The van der Waals surface area contributed by atoms with Gasteiger partial charge in [0.05, 0.1) is 5.03 Å². The third-order valence-corrected chi connectivity index (χ3v) is 3.18. The van der Waals surface area contributed by atoms with Crippen molar-refractivity contribution < 1.29 is 4.79 Å². The van der Waals surface area contributed by atoms with Crippen molar-refractivity contribution in [3.63, 3.8) is 0 Å². The van der Waals surface area contributed by atoms with Crippen LogP contribution in [0, 0.1) is 0 Å². The Kier molecular flexibility index (Phi) is 5.33. The minimum atomic E-state index is -0.0912. The molecule has 0 radical (unpaired) electrons. The van der Waals surface area contributed by atoms with E-state index < -0.39 is 0 Å². The minimum Gasteiger partial charge on any atom is -0.294 e. The number of rotatable bonds is 4. The van der Waals surface area contributed by atoms with E-state index in [-0.39, 0.29) is 21.7 Å². The van der Waals surface area contributed by atoms with Gasteiger partial charge >= 0.3 is 0 Å². The molecule has 0 saturated heterocycles. The van der Waals surface area contributed by atoms with E-state index in [2.05, 4.69) is 6.92 Å².